The van der Waals surface area contributed by atoms with Crippen LogP contribution < -0.4 is 10.9 Å². The molecule has 0 amide bonds. The molecular formula is C8H8BrF4N3O. The highest BCUT2D eigenvalue weighted by Gasteiger charge is 2.40. The first-order chi connectivity index (χ1) is 7.75. The lowest BCUT2D eigenvalue weighted by molar-refractivity contribution is -0.117. The predicted octanol–water partition coefficient (Wildman–Crippen LogP) is 1.86. The van der Waals surface area contributed by atoms with Crippen LogP contribution in [-0.2, 0) is 7.05 Å². The molecule has 0 unspecified atom stereocenters. The zero-order valence-corrected chi connectivity index (χ0v) is 10.1. The second kappa shape index (κ2) is 5.03. The number of aromatic nitrogens is 2. The van der Waals surface area contributed by atoms with Crippen molar-refractivity contribution in [2.24, 2.45) is 7.05 Å². The zero-order chi connectivity index (χ0) is 13.2. The lowest BCUT2D eigenvalue weighted by atomic mass is 10.3. The minimum absolute atomic E-state index is 0.0416. The molecule has 0 aromatic carbocycles. The highest BCUT2D eigenvalue weighted by Crippen LogP contribution is 2.24. The molecule has 1 aromatic rings. The summed E-state index contributed by atoms with van der Waals surface area (Å²) in [7, 11) is 1.37. The fourth-order valence-corrected chi connectivity index (χ4v) is 1.42. The Morgan fingerprint density at radius 3 is 2.71 bits per heavy atom. The molecule has 0 spiro atoms. The molecule has 0 saturated heterocycles. The molecule has 1 rings (SSSR count). The molecule has 17 heavy (non-hydrogen) atoms. The third-order valence-electron chi connectivity index (χ3n) is 1.91. The molecule has 96 valence electrons. The molecule has 9 heteroatoms. The predicted molar refractivity (Wildman–Crippen MR) is 56.6 cm³/mol. The summed E-state index contributed by atoms with van der Waals surface area (Å²) in [6, 6.07) is 0. The second-order valence-corrected chi connectivity index (χ2v) is 4.01. The van der Waals surface area contributed by atoms with Crippen LogP contribution >= 0.6 is 15.9 Å². The van der Waals surface area contributed by atoms with E-state index in [0.29, 0.717) is 0 Å². The van der Waals surface area contributed by atoms with Crippen molar-refractivity contribution in [2.45, 2.75) is 12.3 Å². The standard InChI is InChI=1S/C8H8BrF4N3O/c1-16-6(17)5(9)4(2-15-16)14-3-8(12,13)7(10)11/h2,7,14H,3H2,1H3. The summed E-state index contributed by atoms with van der Waals surface area (Å²) in [6.45, 7) is -1.28. The van der Waals surface area contributed by atoms with Crippen molar-refractivity contribution < 1.29 is 17.6 Å². The van der Waals surface area contributed by atoms with Gasteiger partial charge in [-0.1, -0.05) is 0 Å². The molecular weight excluding hydrogens is 310 g/mol. The van der Waals surface area contributed by atoms with Gasteiger partial charge >= 0.3 is 12.3 Å². The highest BCUT2D eigenvalue weighted by molar-refractivity contribution is 9.10. The van der Waals surface area contributed by atoms with Gasteiger partial charge in [-0.25, -0.2) is 13.5 Å². The van der Waals surface area contributed by atoms with Gasteiger partial charge in [0, 0.05) is 7.05 Å². The van der Waals surface area contributed by atoms with Crippen LogP contribution in [-0.4, -0.2) is 28.7 Å². The summed E-state index contributed by atoms with van der Waals surface area (Å²) in [5.41, 5.74) is -0.621. The van der Waals surface area contributed by atoms with Gasteiger partial charge in [-0.3, -0.25) is 4.79 Å². The summed E-state index contributed by atoms with van der Waals surface area (Å²) < 4.78 is 49.9. The molecule has 0 saturated carbocycles. The second-order valence-electron chi connectivity index (χ2n) is 3.22. The van der Waals surface area contributed by atoms with E-state index >= 15 is 0 Å². The maximum absolute atomic E-state index is 12.6. The summed E-state index contributed by atoms with van der Waals surface area (Å²) in [4.78, 5) is 11.3. The van der Waals surface area contributed by atoms with Crippen molar-refractivity contribution >= 4 is 21.6 Å². The molecule has 4 nitrogen and oxygen atoms in total. The number of alkyl halides is 4. The zero-order valence-electron chi connectivity index (χ0n) is 8.55. The van der Waals surface area contributed by atoms with Gasteiger partial charge in [-0.2, -0.15) is 13.9 Å². The molecule has 1 heterocycles. The van der Waals surface area contributed by atoms with E-state index in [-0.39, 0.29) is 10.2 Å². The number of nitrogens with zero attached hydrogens (tertiary/aromatic N) is 2. The summed E-state index contributed by atoms with van der Waals surface area (Å²) in [5.74, 6) is -4.17. The first-order valence-corrected chi connectivity index (χ1v) is 5.16. The molecule has 0 bridgehead atoms. The van der Waals surface area contributed by atoms with E-state index in [9.17, 15) is 22.4 Å². The smallest absolute Gasteiger partial charge is 0.324 e. The van der Waals surface area contributed by atoms with E-state index in [2.05, 4.69) is 21.0 Å². The molecule has 0 aliphatic heterocycles. The quantitative estimate of drug-likeness (QED) is 0.862. The van der Waals surface area contributed by atoms with Crippen LogP contribution in [0.5, 0.6) is 0 Å². The van der Waals surface area contributed by atoms with Gasteiger partial charge in [0.05, 0.1) is 18.4 Å². The minimum atomic E-state index is -4.17. The fraction of sp³-hybridized carbons (Fsp3) is 0.500. The lowest BCUT2D eigenvalue weighted by Crippen LogP contribution is -2.35. The average molecular weight is 318 g/mol. The van der Waals surface area contributed by atoms with Crippen LogP contribution in [0.25, 0.3) is 0 Å². The lowest BCUT2D eigenvalue weighted by Gasteiger charge is -2.16. The number of rotatable bonds is 4. The van der Waals surface area contributed by atoms with E-state index in [0.717, 1.165) is 10.9 Å². The van der Waals surface area contributed by atoms with Crippen molar-refractivity contribution in [1.82, 2.24) is 9.78 Å². The highest BCUT2D eigenvalue weighted by atomic mass is 79.9. The molecule has 1 N–H and O–H groups in total. The van der Waals surface area contributed by atoms with Gasteiger partial charge < -0.3 is 5.32 Å². The maximum atomic E-state index is 12.6. The van der Waals surface area contributed by atoms with Gasteiger partial charge in [0.15, 0.2) is 0 Å². The first kappa shape index (κ1) is 13.9. The van der Waals surface area contributed by atoms with E-state index in [1.165, 1.54) is 7.05 Å². The Balaban J connectivity index is 2.85. The van der Waals surface area contributed by atoms with Gasteiger partial charge in [-0.15, -0.1) is 0 Å². The first-order valence-electron chi connectivity index (χ1n) is 4.37. The number of nitrogens with one attached hydrogen (secondary N) is 1. The van der Waals surface area contributed by atoms with Crippen LogP contribution in [0.4, 0.5) is 23.2 Å². The van der Waals surface area contributed by atoms with E-state index in [4.69, 9.17) is 0 Å². The summed E-state index contributed by atoms with van der Waals surface area (Å²) >= 11 is 2.87. The average Bonchev–Trinajstić information content (AvgIpc) is 2.25. The van der Waals surface area contributed by atoms with Gasteiger partial charge in [0.25, 0.3) is 5.56 Å². The van der Waals surface area contributed by atoms with Crippen LogP contribution in [0.1, 0.15) is 0 Å². The number of anilines is 1. The summed E-state index contributed by atoms with van der Waals surface area (Å²) in [5, 5.41) is 5.61. The molecule has 0 aliphatic rings. The maximum Gasteiger partial charge on any atom is 0.324 e. The molecule has 1 aromatic heterocycles. The summed E-state index contributed by atoms with van der Waals surface area (Å²) in [6.07, 6.45) is -2.68. The molecule has 0 aliphatic carbocycles. The van der Waals surface area contributed by atoms with Crippen molar-refractivity contribution in [3.05, 3.63) is 21.0 Å². The largest absolute Gasteiger partial charge is 0.376 e. The van der Waals surface area contributed by atoms with Crippen LogP contribution in [0, 0.1) is 0 Å². The third kappa shape index (κ3) is 3.18. The van der Waals surface area contributed by atoms with Gasteiger partial charge in [0.1, 0.15) is 4.47 Å². The Morgan fingerprint density at radius 1 is 1.59 bits per heavy atom. The molecule has 0 fully saturated rings. The van der Waals surface area contributed by atoms with Crippen molar-refractivity contribution in [3.63, 3.8) is 0 Å². The fourth-order valence-electron chi connectivity index (χ4n) is 0.924. The van der Waals surface area contributed by atoms with Gasteiger partial charge in [0.2, 0.25) is 0 Å². The molecule has 0 radical (unpaired) electrons. The normalized spacial score (nSPS) is 11.9. The van der Waals surface area contributed by atoms with E-state index < -0.39 is 24.5 Å². The Kier molecular flexibility index (Phi) is 4.12. The van der Waals surface area contributed by atoms with Crippen molar-refractivity contribution in [2.75, 3.05) is 11.9 Å². The monoisotopic (exact) mass is 317 g/mol. The third-order valence-corrected chi connectivity index (χ3v) is 2.68. The van der Waals surface area contributed by atoms with Crippen molar-refractivity contribution in [1.29, 1.82) is 0 Å². The van der Waals surface area contributed by atoms with Crippen molar-refractivity contribution in [3.8, 4) is 0 Å². The van der Waals surface area contributed by atoms with Crippen LogP contribution in [0.3, 0.4) is 0 Å². The Hall–Kier alpha value is -1.12. The van der Waals surface area contributed by atoms with Crippen LogP contribution in [0.15, 0.2) is 15.5 Å². The number of hydrogen-bond acceptors (Lipinski definition) is 3. The molecule has 0 atom stereocenters. The van der Waals surface area contributed by atoms with Crippen LogP contribution in [0.2, 0.25) is 0 Å². The van der Waals surface area contributed by atoms with E-state index in [1.807, 2.05) is 5.32 Å². The SMILES string of the molecule is Cn1ncc(NCC(F)(F)C(F)F)c(Br)c1=O. The Morgan fingerprint density at radius 2 is 2.18 bits per heavy atom. The number of aryl methyl sites for hydroxylation is 1. The number of halogens is 5. The van der Waals surface area contributed by atoms with Gasteiger partial charge in [-0.05, 0) is 15.9 Å². The topological polar surface area (TPSA) is 46.9 Å². The Bertz CT molecular complexity index is 463. The number of hydrogen-bond donors (Lipinski definition) is 1. The minimum Gasteiger partial charge on any atom is -0.376 e. The Labute approximate surface area is 102 Å². The van der Waals surface area contributed by atoms with E-state index in [1.54, 1.807) is 0 Å².